The van der Waals surface area contributed by atoms with Gasteiger partial charge in [0.2, 0.25) is 5.91 Å². The predicted molar refractivity (Wildman–Crippen MR) is 86.4 cm³/mol. The molecule has 0 aliphatic heterocycles. The number of nitrogens with zero attached hydrogens (tertiary/aromatic N) is 1. The van der Waals surface area contributed by atoms with E-state index in [1.807, 2.05) is 37.3 Å². The fourth-order valence-corrected chi connectivity index (χ4v) is 2.20. The van der Waals surface area contributed by atoms with Crippen LogP contribution in [0.5, 0.6) is 0 Å². The average molecular weight is 332 g/mol. The molecule has 0 aliphatic rings. The van der Waals surface area contributed by atoms with Crippen molar-refractivity contribution in [2.75, 3.05) is 13.7 Å². The van der Waals surface area contributed by atoms with Gasteiger partial charge in [0.15, 0.2) is 17.8 Å². The normalized spacial score (nSPS) is 11.9. The van der Waals surface area contributed by atoms with Crippen LogP contribution in [0, 0.1) is 6.92 Å². The molecule has 0 bridgehead atoms. The van der Waals surface area contributed by atoms with Crippen molar-refractivity contribution in [1.82, 2.24) is 10.3 Å². The topological polar surface area (TPSA) is 102 Å². The third-order valence-electron chi connectivity index (χ3n) is 3.49. The van der Waals surface area contributed by atoms with Crippen LogP contribution in [0.2, 0.25) is 0 Å². The molecule has 2 aromatic rings. The molecule has 1 unspecified atom stereocenters. The van der Waals surface area contributed by atoms with Crippen LogP contribution in [-0.2, 0) is 20.7 Å². The largest absolute Gasteiger partial charge is 0.479 e. The quantitative estimate of drug-likeness (QED) is 0.764. The average Bonchev–Trinajstić information content (AvgIpc) is 2.95. The van der Waals surface area contributed by atoms with E-state index in [1.54, 1.807) is 0 Å². The molecule has 1 amide bonds. The number of carboxylic acid groups (broad SMARTS) is 1. The summed E-state index contributed by atoms with van der Waals surface area (Å²) in [5.74, 6) is -0.233. The van der Waals surface area contributed by atoms with Crippen molar-refractivity contribution < 1.29 is 23.8 Å². The number of hydrogen-bond acceptors (Lipinski definition) is 5. The van der Waals surface area contributed by atoms with Gasteiger partial charge in [0.1, 0.15) is 0 Å². The summed E-state index contributed by atoms with van der Waals surface area (Å²) in [7, 11) is 1.28. The number of aromatic nitrogens is 1. The van der Waals surface area contributed by atoms with Gasteiger partial charge in [-0.25, -0.2) is 9.78 Å². The minimum Gasteiger partial charge on any atom is -0.479 e. The first-order valence-corrected chi connectivity index (χ1v) is 7.55. The number of nitrogens with one attached hydrogen (secondary N) is 1. The van der Waals surface area contributed by atoms with Gasteiger partial charge in [-0.1, -0.05) is 30.3 Å². The molecule has 0 saturated heterocycles. The molecule has 2 rings (SSSR count). The van der Waals surface area contributed by atoms with E-state index in [9.17, 15) is 9.59 Å². The zero-order chi connectivity index (χ0) is 17.5. The predicted octanol–water partition coefficient (Wildman–Crippen LogP) is 1.80. The van der Waals surface area contributed by atoms with Gasteiger partial charge in [-0.3, -0.25) is 4.79 Å². The Morgan fingerprint density at radius 2 is 2.04 bits per heavy atom. The Balaban J connectivity index is 1.89. The first-order valence-electron chi connectivity index (χ1n) is 7.55. The zero-order valence-corrected chi connectivity index (χ0v) is 13.6. The Morgan fingerprint density at radius 3 is 2.67 bits per heavy atom. The van der Waals surface area contributed by atoms with E-state index in [4.69, 9.17) is 14.3 Å². The maximum absolute atomic E-state index is 11.8. The van der Waals surface area contributed by atoms with Gasteiger partial charge in [-0.05, 0) is 6.92 Å². The minimum atomic E-state index is -1.12. The van der Waals surface area contributed by atoms with E-state index in [0.717, 1.165) is 11.3 Å². The van der Waals surface area contributed by atoms with Crippen LogP contribution in [0.4, 0.5) is 0 Å². The number of rotatable bonds is 8. The lowest BCUT2D eigenvalue weighted by Crippen LogP contribution is -2.37. The van der Waals surface area contributed by atoms with Crippen molar-refractivity contribution in [3.63, 3.8) is 0 Å². The molecule has 0 aliphatic carbocycles. The van der Waals surface area contributed by atoms with Crippen molar-refractivity contribution in [2.24, 2.45) is 0 Å². The standard InChI is InChI=1S/C17H20N2O5/c1-11-16(12-6-4-3-5-7-12)24-15(19-11)9-8-14(20)18-10-13(23-2)17(21)22/h3-7,13H,8-10H2,1-2H3,(H,18,20)(H,21,22). The SMILES string of the molecule is COC(CNC(=O)CCc1nc(C)c(-c2ccccc2)o1)C(=O)O. The Labute approximate surface area is 139 Å². The van der Waals surface area contributed by atoms with Crippen LogP contribution in [0.3, 0.4) is 0 Å². The van der Waals surface area contributed by atoms with Gasteiger partial charge in [0.25, 0.3) is 0 Å². The van der Waals surface area contributed by atoms with E-state index < -0.39 is 12.1 Å². The lowest BCUT2D eigenvalue weighted by molar-refractivity contribution is -0.148. The number of methoxy groups -OCH3 is 1. The number of benzene rings is 1. The number of hydrogen-bond donors (Lipinski definition) is 2. The van der Waals surface area contributed by atoms with E-state index >= 15 is 0 Å². The molecule has 2 N–H and O–H groups in total. The molecule has 0 saturated carbocycles. The molecule has 1 aromatic heterocycles. The van der Waals surface area contributed by atoms with Crippen LogP contribution in [0.1, 0.15) is 18.0 Å². The molecule has 24 heavy (non-hydrogen) atoms. The maximum Gasteiger partial charge on any atom is 0.334 e. The monoisotopic (exact) mass is 332 g/mol. The van der Waals surface area contributed by atoms with Crippen molar-refractivity contribution >= 4 is 11.9 Å². The van der Waals surface area contributed by atoms with E-state index in [1.165, 1.54) is 7.11 Å². The fourth-order valence-electron chi connectivity index (χ4n) is 2.20. The second kappa shape index (κ2) is 8.26. The molecule has 1 atom stereocenters. The Hall–Kier alpha value is -2.67. The summed E-state index contributed by atoms with van der Waals surface area (Å²) in [6, 6.07) is 9.62. The van der Waals surface area contributed by atoms with E-state index in [2.05, 4.69) is 10.3 Å². The second-order valence-corrected chi connectivity index (χ2v) is 5.25. The fraction of sp³-hybridized carbons (Fsp3) is 0.353. The zero-order valence-electron chi connectivity index (χ0n) is 13.6. The molecule has 7 heteroatoms. The molecule has 1 aromatic carbocycles. The number of aryl methyl sites for hydroxylation is 2. The molecule has 0 fully saturated rings. The summed E-state index contributed by atoms with van der Waals surface area (Å²) in [5.41, 5.74) is 1.70. The Morgan fingerprint density at radius 1 is 1.33 bits per heavy atom. The number of carbonyl (C=O) groups excluding carboxylic acids is 1. The van der Waals surface area contributed by atoms with Gasteiger partial charge in [-0.2, -0.15) is 0 Å². The van der Waals surface area contributed by atoms with Crippen LogP contribution in [0.25, 0.3) is 11.3 Å². The molecular weight excluding hydrogens is 312 g/mol. The van der Waals surface area contributed by atoms with Crippen molar-refractivity contribution in [1.29, 1.82) is 0 Å². The van der Waals surface area contributed by atoms with E-state index in [0.29, 0.717) is 18.1 Å². The summed E-state index contributed by atoms with van der Waals surface area (Å²) in [6.07, 6.45) is -0.559. The lowest BCUT2D eigenvalue weighted by atomic mass is 10.1. The van der Waals surface area contributed by atoms with Gasteiger partial charge in [0, 0.05) is 25.5 Å². The third-order valence-corrected chi connectivity index (χ3v) is 3.49. The first kappa shape index (κ1) is 17.7. The second-order valence-electron chi connectivity index (χ2n) is 5.25. The van der Waals surface area contributed by atoms with Gasteiger partial charge >= 0.3 is 5.97 Å². The molecule has 1 heterocycles. The molecule has 0 radical (unpaired) electrons. The summed E-state index contributed by atoms with van der Waals surface area (Å²) in [5, 5.41) is 11.4. The Bertz CT molecular complexity index is 696. The first-order chi connectivity index (χ1) is 11.5. The third kappa shape index (κ3) is 4.66. The highest BCUT2D eigenvalue weighted by Crippen LogP contribution is 2.24. The maximum atomic E-state index is 11.8. The van der Waals surface area contributed by atoms with Gasteiger partial charge < -0.3 is 19.6 Å². The molecule has 7 nitrogen and oxygen atoms in total. The van der Waals surface area contributed by atoms with Gasteiger partial charge in [0.05, 0.1) is 12.2 Å². The van der Waals surface area contributed by atoms with Crippen LogP contribution < -0.4 is 5.32 Å². The van der Waals surface area contributed by atoms with Crippen molar-refractivity contribution in [3.8, 4) is 11.3 Å². The highest BCUT2D eigenvalue weighted by molar-refractivity contribution is 5.78. The lowest BCUT2D eigenvalue weighted by Gasteiger charge is -2.11. The number of oxazole rings is 1. The highest BCUT2D eigenvalue weighted by atomic mass is 16.5. The molecule has 0 spiro atoms. The number of aliphatic carboxylic acids is 1. The van der Waals surface area contributed by atoms with E-state index in [-0.39, 0.29) is 18.9 Å². The summed E-state index contributed by atoms with van der Waals surface area (Å²) in [4.78, 5) is 26.9. The van der Waals surface area contributed by atoms with Crippen LogP contribution in [0.15, 0.2) is 34.7 Å². The van der Waals surface area contributed by atoms with Crippen LogP contribution >= 0.6 is 0 Å². The molecular formula is C17H20N2O5. The molecule has 128 valence electrons. The summed E-state index contributed by atoms with van der Waals surface area (Å²) >= 11 is 0. The Kier molecular flexibility index (Phi) is 6.08. The highest BCUT2D eigenvalue weighted by Gasteiger charge is 2.18. The van der Waals surface area contributed by atoms with Crippen LogP contribution in [-0.4, -0.2) is 41.7 Å². The summed E-state index contributed by atoms with van der Waals surface area (Å²) < 4.78 is 10.5. The smallest absolute Gasteiger partial charge is 0.334 e. The van der Waals surface area contributed by atoms with Crippen molar-refractivity contribution in [2.45, 2.75) is 25.9 Å². The van der Waals surface area contributed by atoms with Crippen molar-refractivity contribution in [3.05, 3.63) is 41.9 Å². The number of ether oxygens (including phenoxy) is 1. The number of carbonyl (C=O) groups is 2. The number of amides is 1. The number of carboxylic acids is 1. The minimum absolute atomic E-state index is 0.0788. The summed E-state index contributed by atoms with van der Waals surface area (Å²) in [6.45, 7) is 1.77. The van der Waals surface area contributed by atoms with Gasteiger partial charge in [-0.15, -0.1) is 0 Å².